The molecule has 1 nitrogen and oxygen atoms in total. The van der Waals surface area contributed by atoms with Gasteiger partial charge in [-0.1, -0.05) is 91.5 Å². The van der Waals surface area contributed by atoms with Gasteiger partial charge in [0.15, 0.2) is 0 Å². The maximum atomic E-state index is 4.29. The van der Waals surface area contributed by atoms with Gasteiger partial charge >= 0.3 is 0 Å². The molecule has 1 aliphatic heterocycles. The van der Waals surface area contributed by atoms with Gasteiger partial charge in [-0.25, -0.2) is 0 Å². The Kier molecular flexibility index (Phi) is 5.38. The summed E-state index contributed by atoms with van der Waals surface area (Å²) in [4.78, 5) is 4.34. The number of nitrogens with zero attached hydrogens (tertiary/aromatic N) is 1. The smallest absolute Gasteiger partial charge is 0.0541 e. The number of para-hydroxylation sites is 2. The monoisotopic (exact) mass is 549 g/mol. The van der Waals surface area contributed by atoms with E-state index >= 15 is 0 Å². The van der Waals surface area contributed by atoms with Crippen LogP contribution in [0.2, 0.25) is 0 Å². The topological polar surface area (TPSA) is 4.93 Å². The Morgan fingerprint density at radius 3 is 2.02 bits per heavy atom. The molecule has 0 fully saturated rings. The fourth-order valence-corrected chi connectivity index (χ4v) is 10.5. The normalized spacial score (nSPS) is 16.4. The summed E-state index contributed by atoms with van der Waals surface area (Å²) in [5.41, 5.74) is 6.16. The van der Waals surface area contributed by atoms with Gasteiger partial charge in [0.2, 0.25) is 0 Å². The molecular weight excluding hydrogens is 523 g/mol. The lowest BCUT2D eigenvalue weighted by atomic mass is 10.0. The summed E-state index contributed by atoms with van der Waals surface area (Å²) in [6.45, 7) is 6.63. The van der Waals surface area contributed by atoms with E-state index in [0.717, 1.165) is 5.70 Å². The van der Waals surface area contributed by atoms with Crippen molar-refractivity contribution in [3.63, 3.8) is 0 Å². The first kappa shape index (κ1) is 23.6. The van der Waals surface area contributed by atoms with Gasteiger partial charge < -0.3 is 4.57 Å². The number of hydrogen-bond donors (Lipinski definition) is 1. The predicted octanol–water partition coefficient (Wildman–Crippen LogP) is 11.1. The van der Waals surface area contributed by atoms with Crippen molar-refractivity contribution in [3.8, 4) is 0 Å². The molecule has 3 heterocycles. The molecule has 8 rings (SSSR count). The quantitative estimate of drug-likeness (QED) is 0.165. The highest BCUT2D eigenvalue weighted by Crippen LogP contribution is 2.62. The first-order valence-electron chi connectivity index (χ1n) is 13.6. The predicted molar refractivity (Wildman–Crippen MR) is 178 cm³/mol. The van der Waals surface area contributed by atoms with Crippen LogP contribution in [0.1, 0.15) is 12.5 Å². The highest BCUT2D eigenvalue weighted by atomic mass is 32.2. The summed E-state index contributed by atoms with van der Waals surface area (Å²) < 4.78 is 5.14. The van der Waals surface area contributed by atoms with E-state index in [0.29, 0.717) is 0 Å². The van der Waals surface area contributed by atoms with Gasteiger partial charge in [0.1, 0.15) is 0 Å². The van der Waals surface area contributed by atoms with Crippen LogP contribution in [-0.4, -0.2) is 4.57 Å². The van der Waals surface area contributed by atoms with E-state index in [1.54, 1.807) is 0 Å². The number of fused-ring (bicyclic) bond motifs is 7. The molecule has 40 heavy (non-hydrogen) atoms. The van der Waals surface area contributed by atoms with Gasteiger partial charge in [-0.3, -0.25) is 0 Å². The molecule has 2 aromatic heterocycles. The van der Waals surface area contributed by atoms with Crippen LogP contribution < -0.4 is 0 Å². The van der Waals surface area contributed by atoms with Gasteiger partial charge in [0, 0.05) is 46.4 Å². The Bertz CT molecular complexity index is 2150. The van der Waals surface area contributed by atoms with Crippen molar-refractivity contribution in [1.29, 1.82) is 0 Å². The number of allylic oxidation sites excluding steroid dienone is 5. The van der Waals surface area contributed by atoms with Crippen molar-refractivity contribution in [2.75, 3.05) is 0 Å². The molecular formula is C37H27NS2. The van der Waals surface area contributed by atoms with Gasteiger partial charge in [0.25, 0.3) is 0 Å². The van der Waals surface area contributed by atoms with Crippen LogP contribution in [0.3, 0.4) is 0 Å². The van der Waals surface area contributed by atoms with Crippen LogP contribution in [0.5, 0.6) is 0 Å². The molecule has 0 radical (unpaired) electrons. The Hall–Kier alpha value is -4.31. The maximum absolute atomic E-state index is 4.29. The summed E-state index contributed by atoms with van der Waals surface area (Å²) in [5, 5.41) is 5.25. The zero-order valence-electron chi connectivity index (χ0n) is 22.1. The summed E-state index contributed by atoms with van der Waals surface area (Å²) in [7, 11) is -0.654. The molecule has 0 amide bonds. The minimum Gasteiger partial charge on any atom is -0.309 e. The van der Waals surface area contributed by atoms with Crippen molar-refractivity contribution in [3.05, 3.63) is 144 Å². The van der Waals surface area contributed by atoms with Crippen molar-refractivity contribution in [1.82, 2.24) is 4.57 Å². The molecule has 0 N–H and O–H groups in total. The van der Waals surface area contributed by atoms with Gasteiger partial charge in [0.05, 0.1) is 11.0 Å². The lowest BCUT2D eigenvalue weighted by molar-refractivity contribution is 1.24. The van der Waals surface area contributed by atoms with Crippen LogP contribution >= 0.6 is 22.2 Å². The Labute approximate surface area is 240 Å². The SMILES string of the molecule is C=C/C(=C\C1=C(C)[SH](c2cccc3c2sc2ccccc23)c2ccccc21)n1c2ccccc2c2ccccc21. The standard InChI is InChI=1S/C37H27NS2/c1-3-25(38-32-18-8-4-13-26(32)27-14-5-9-19-33(27)38)23-31-24(2)40(35-21-11-7-16-29(31)35)36-22-12-17-30-28-15-6-10-20-34(28)39-37(30)36/h3-23,40H,1H2,2H3/b25-23+. The van der Waals surface area contributed by atoms with Crippen molar-refractivity contribution in [2.45, 2.75) is 16.7 Å². The number of thiol groups is 1. The van der Waals surface area contributed by atoms with Crippen LogP contribution in [0.25, 0.3) is 53.2 Å². The van der Waals surface area contributed by atoms with Crippen LogP contribution in [0.15, 0.2) is 149 Å². The third-order valence-electron chi connectivity index (χ3n) is 8.12. The first-order chi connectivity index (χ1) is 19.7. The molecule has 1 unspecified atom stereocenters. The number of aromatic nitrogens is 1. The van der Waals surface area contributed by atoms with Crippen molar-refractivity contribution in [2.24, 2.45) is 0 Å². The minimum atomic E-state index is -0.654. The molecule has 0 saturated carbocycles. The summed E-state index contributed by atoms with van der Waals surface area (Å²) in [6.07, 6.45) is 4.38. The Morgan fingerprint density at radius 2 is 1.27 bits per heavy atom. The number of thiophene rings is 1. The summed E-state index contributed by atoms with van der Waals surface area (Å²) in [5.74, 6) is 0. The molecule has 0 aliphatic carbocycles. The second-order valence-electron chi connectivity index (χ2n) is 10.2. The molecule has 5 aromatic carbocycles. The highest BCUT2D eigenvalue weighted by molar-refractivity contribution is 8.21. The maximum Gasteiger partial charge on any atom is 0.0541 e. The third kappa shape index (κ3) is 3.35. The molecule has 7 aromatic rings. The number of hydrogen-bond acceptors (Lipinski definition) is 1. The van der Waals surface area contributed by atoms with Crippen molar-refractivity contribution < 1.29 is 0 Å². The molecule has 0 bridgehead atoms. The van der Waals surface area contributed by atoms with E-state index in [-0.39, 0.29) is 0 Å². The fraction of sp³-hybridized carbons (Fsp3) is 0.0270. The lowest BCUT2D eigenvalue weighted by Gasteiger charge is -2.20. The molecule has 3 heteroatoms. The second-order valence-corrected chi connectivity index (χ2v) is 13.6. The second kappa shape index (κ2) is 9.12. The average molecular weight is 550 g/mol. The number of rotatable bonds is 4. The zero-order chi connectivity index (χ0) is 26.8. The van der Waals surface area contributed by atoms with Crippen LogP contribution in [0.4, 0.5) is 0 Å². The van der Waals surface area contributed by atoms with E-state index in [4.69, 9.17) is 0 Å². The lowest BCUT2D eigenvalue weighted by Crippen LogP contribution is -1.95. The van der Waals surface area contributed by atoms with Gasteiger partial charge in [-0.15, -0.1) is 11.3 Å². The largest absolute Gasteiger partial charge is 0.309 e. The number of benzene rings is 5. The van der Waals surface area contributed by atoms with Gasteiger partial charge in [-0.05, 0) is 65.4 Å². The molecule has 1 aliphatic rings. The van der Waals surface area contributed by atoms with Gasteiger partial charge in [-0.2, -0.15) is 10.9 Å². The molecule has 192 valence electrons. The Morgan fingerprint density at radius 1 is 0.675 bits per heavy atom. The van der Waals surface area contributed by atoms with Crippen LogP contribution in [0, 0.1) is 0 Å². The van der Waals surface area contributed by atoms with Crippen molar-refractivity contribution >= 4 is 75.5 Å². The Balaban J connectivity index is 1.38. The summed E-state index contributed by atoms with van der Waals surface area (Å²) in [6, 6.07) is 42.1. The van der Waals surface area contributed by atoms with E-state index in [1.165, 1.54) is 67.8 Å². The van der Waals surface area contributed by atoms with E-state index < -0.39 is 10.9 Å². The van der Waals surface area contributed by atoms with E-state index in [9.17, 15) is 0 Å². The van der Waals surface area contributed by atoms with Crippen LogP contribution in [-0.2, 0) is 0 Å². The molecule has 0 spiro atoms. The van der Waals surface area contributed by atoms with E-state index in [2.05, 4.69) is 139 Å². The molecule has 0 saturated heterocycles. The van der Waals surface area contributed by atoms with E-state index in [1.807, 2.05) is 17.4 Å². The minimum absolute atomic E-state index is 0.654. The fourth-order valence-electron chi connectivity index (χ4n) is 6.36. The molecule has 1 atom stereocenters. The highest BCUT2D eigenvalue weighted by Gasteiger charge is 2.28. The third-order valence-corrected chi connectivity index (χ3v) is 12.1. The first-order valence-corrected chi connectivity index (χ1v) is 15.7. The summed E-state index contributed by atoms with van der Waals surface area (Å²) >= 11 is 1.93. The zero-order valence-corrected chi connectivity index (χ0v) is 23.8. The average Bonchev–Trinajstić information content (AvgIpc) is 3.64.